The first-order valence-corrected chi connectivity index (χ1v) is 7.72. The summed E-state index contributed by atoms with van der Waals surface area (Å²) in [6.45, 7) is 2.47. The van der Waals surface area contributed by atoms with Crippen molar-refractivity contribution in [3.05, 3.63) is 64.7 Å². The van der Waals surface area contributed by atoms with E-state index in [0.717, 1.165) is 16.7 Å². The van der Waals surface area contributed by atoms with E-state index in [0.29, 0.717) is 25.1 Å². The molecule has 5 nitrogen and oxygen atoms in total. The molecule has 0 atom stereocenters. The van der Waals surface area contributed by atoms with E-state index < -0.39 is 5.97 Å². The monoisotopic (exact) mass is 327 g/mol. The fourth-order valence-electron chi connectivity index (χ4n) is 2.37. The quantitative estimate of drug-likeness (QED) is 0.819. The van der Waals surface area contributed by atoms with Gasteiger partial charge in [0.2, 0.25) is 5.91 Å². The SMILES string of the molecule is COc1cc(C(=O)O)ccc1CCNC(=O)Cc1ccc(C)cc1. The molecule has 0 aromatic heterocycles. The van der Waals surface area contributed by atoms with Gasteiger partial charge in [0.05, 0.1) is 19.1 Å². The number of carboxylic acids is 1. The molecule has 126 valence electrons. The van der Waals surface area contributed by atoms with Gasteiger partial charge in [-0.05, 0) is 36.6 Å². The van der Waals surface area contributed by atoms with Crippen LogP contribution < -0.4 is 10.1 Å². The summed E-state index contributed by atoms with van der Waals surface area (Å²) in [6.07, 6.45) is 0.915. The van der Waals surface area contributed by atoms with Crippen LogP contribution in [0.3, 0.4) is 0 Å². The lowest BCUT2D eigenvalue weighted by Crippen LogP contribution is -2.27. The maximum atomic E-state index is 12.0. The van der Waals surface area contributed by atoms with Crippen molar-refractivity contribution in [1.29, 1.82) is 0 Å². The zero-order valence-electron chi connectivity index (χ0n) is 13.8. The number of aryl methyl sites for hydroxylation is 1. The van der Waals surface area contributed by atoms with Crippen LogP contribution in [0.5, 0.6) is 5.75 Å². The summed E-state index contributed by atoms with van der Waals surface area (Å²) in [6, 6.07) is 12.6. The molecule has 0 saturated carbocycles. The van der Waals surface area contributed by atoms with Gasteiger partial charge in [0.25, 0.3) is 0 Å². The largest absolute Gasteiger partial charge is 0.496 e. The molecular weight excluding hydrogens is 306 g/mol. The number of carbonyl (C=O) groups is 2. The minimum atomic E-state index is -0.994. The Balaban J connectivity index is 1.88. The van der Waals surface area contributed by atoms with Gasteiger partial charge in [-0.1, -0.05) is 35.9 Å². The van der Waals surface area contributed by atoms with Crippen LogP contribution in [0.1, 0.15) is 27.0 Å². The summed E-state index contributed by atoms with van der Waals surface area (Å²) in [7, 11) is 1.50. The highest BCUT2D eigenvalue weighted by atomic mass is 16.5. The first-order chi connectivity index (χ1) is 11.5. The summed E-state index contributed by atoms with van der Waals surface area (Å²) in [5.41, 5.74) is 3.18. The smallest absolute Gasteiger partial charge is 0.335 e. The molecule has 0 unspecified atom stereocenters. The Morgan fingerprint density at radius 2 is 1.83 bits per heavy atom. The van der Waals surface area contributed by atoms with Crippen LogP contribution in [-0.4, -0.2) is 30.6 Å². The standard InChI is InChI=1S/C19H21NO4/c1-13-3-5-14(6-4-13)11-18(21)20-10-9-15-7-8-16(19(22)23)12-17(15)24-2/h3-8,12H,9-11H2,1-2H3,(H,20,21)(H,22,23). The number of nitrogens with one attached hydrogen (secondary N) is 1. The zero-order chi connectivity index (χ0) is 17.5. The molecule has 0 spiro atoms. The summed E-state index contributed by atoms with van der Waals surface area (Å²) in [5, 5.41) is 11.9. The lowest BCUT2D eigenvalue weighted by molar-refractivity contribution is -0.120. The van der Waals surface area contributed by atoms with Crippen LogP contribution in [0.25, 0.3) is 0 Å². The van der Waals surface area contributed by atoms with Gasteiger partial charge in [-0.3, -0.25) is 4.79 Å². The highest BCUT2D eigenvalue weighted by Crippen LogP contribution is 2.20. The third-order valence-corrected chi connectivity index (χ3v) is 3.74. The number of benzene rings is 2. The topological polar surface area (TPSA) is 75.6 Å². The Hall–Kier alpha value is -2.82. The van der Waals surface area contributed by atoms with E-state index in [2.05, 4.69) is 5.32 Å². The van der Waals surface area contributed by atoms with Gasteiger partial charge in [-0.25, -0.2) is 4.79 Å². The maximum Gasteiger partial charge on any atom is 0.335 e. The predicted octanol–water partition coefficient (Wildman–Crippen LogP) is 2.60. The molecule has 0 aliphatic rings. The molecule has 0 saturated heterocycles. The molecule has 24 heavy (non-hydrogen) atoms. The number of methoxy groups -OCH3 is 1. The van der Waals surface area contributed by atoms with Gasteiger partial charge in [-0.15, -0.1) is 0 Å². The van der Waals surface area contributed by atoms with Crippen molar-refractivity contribution in [2.75, 3.05) is 13.7 Å². The number of aromatic carboxylic acids is 1. The number of carbonyl (C=O) groups excluding carboxylic acids is 1. The molecule has 0 aliphatic carbocycles. The average Bonchev–Trinajstić information content (AvgIpc) is 2.57. The van der Waals surface area contributed by atoms with Gasteiger partial charge in [-0.2, -0.15) is 0 Å². The molecule has 5 heteroatoms. The highest BCUT2D eigenvalue weighted by molar-refractivity contribution is 5.88. The molecule has 2 aromatic rings. The lowest BCUT2D eigenvalue weighted by atomic mass is 10.1. The fourth-order valence-corrected chi connectivity index (χ4v) is 2.37. The first-order valence-electron chi connectivity index (χ1n) is 7.72. The second-order valence-corrected chi connectivity index (χ2v) is 5.59. The second kappa shape index (κ2) is 8.15. The lowest BCUT2D eigenvalue weighted by Gasteiger charge is -2.10. The van der Waals surface area contributed by atoms with Crippen LogP contribution in [0, 0.1) is 6.92 Å². The Labute approximate surface area is 141 Å². The van der Waals surface area contributed by atoms with Crippen LogP contribution in [0.2, 0.25) is 0 Å². The van der Waals surface area contributed by atoms with Gasteiger partial charge in [0.1, 0.15) is 5.75 Å². The van der Waals surface area contributed by atoms with Crippen molar-refractivity contribution in [3.8, 4) is 5.75 Å². The van der Waals surface area contributed by atoms with E-state index in [4.69, 9.17) is 9.84 Å². The maximum absolute atomic E-state index is 12.0. The number of amides is 1. The molecule has 0 bridgehead atoms. The molecular formula is C19H21NO4. The van der Waals surface area contributed by atoms with Gasteiger partial charge < -0.3 is 15.2 Å². The van der Waals surface area contributed by atoms with Crippen molar-refractivity contribution in [2.45, 2.75) is 19.8 Å². The molecule has 1 amide bonds. The van der Waals surface area contributed by atoms with E-state index in [1.54, 1.807) is 6.07 Å². The summed E-state index contributed by atoms with van der Waals surface area (Å²) in [5.74, 6) is -0.520. The van der Waals surface area contributed by atoms with Crippen molar-refractivity contribution < 1.29 is 19.4 Å². The predicted molar refractivity (Wildman–Crippen MR) is 91.6 cm³/mol. The van der Waals surface area contributed by atoms with Crippen molar-refractivity contribution in [1.82, 2.24) is 5.32 Å². The van der Waals surface area contributed by atoms with Gasteiger partial charge >= 0.3 is 5.97 Å². The Kier molecular flexibility index (Phi) is 5.95. The fraction of sp³-hybridized carbons (Fsp3) is 0.263. The number of hydrogen-bond donors (Lipinski definition) is 2. The Morgan fingerprint density at radius 3 is 2.46 bits per heavy atom. The normalized spacial score (nSPS) is 10.2. The number of carboxylic acid groups (broad SMARTS) is 1. The molecule has 0 fully saturated rings. The van der Waals surface area contributed by atoms with Crippen LogP contribution in [-0.2, 0) is 17.6 Å². The summed E-state index contributed by atoms with van der Waals surface area (Å²) >= 11 is 0. The molecule has 2 aromatic carbocycles. The average molecular weight is 327 g/mol. The van der Waals surface area contributed by atoms with E-state index in [1.807, 2.05) is 31.2 Å². The van der Waals surface area contributed by atoms with Crippen LogP contribution in [0.4, 0.5) is 0 Å². The minimum Gasteiger partial charge on any atom is -0.496 e. The third kappa shape index (κ3) is 4.84. The summed E-state index contributed by atoms with van der Waals surface area (Å²) < 4.78 is 5.22. The Morgan fingerprint density at radius 1 is 1.12 bits per heavy atom. The van der Waals surface area contributed by atoms with Crippen molar-refractivity contribution in [2.24, 2.45) is 0 Å². The van der Waals surface area contributed by atoms with Crippen LogP contribution in [0.15, 0.2) is 42.5 Å². The zero-order valence-corrected chi connectivity index (χ0v) is 13.8. The summed E-state index contributed by atoms with van der Waals surface area (Å²) in [4.78, 5) is 22.9. The molecule has 2 N–H and O–H groups in total. The Bertz CT molecular complexity index is 723. The minimum absolute atomic E-state index is 0.0417. The highest BCUT2D eigenvalue weighted by Gasteiger charge is 2.09. The molecule has 0 heterocycles. The molecule has 2 rings (SSSR count). The van der Waals surface area contributed by atoms with E-state index >= 15 is 0 Å². The van der Waals surface area contributed by atoms with Gasteiger partial charge in [0, 0.05) is 6.54 Å². The molecule has 0 radical (unpaired) electrons. The van der Waals surface area contributed by atoms with Crippen molar-refractivity contribution in [3.63, 3.8) is 0 Å². The van der Waals surface area contributed by atoms with E-state index in [1.165, 1.54) is 19.2 Å². The van der Waals surface area contributed by atoms with Crippen LogP contribution >= 0.6 is 0 Å². The van der Waals surface area contributed by atoms with E-state index in [9.17, 15) is 9.59 Å². The number of hydrogen-bond acceptors (Lipinski definition) is 3. The van der Waals surface area contributed by atoms with Gasteiger partial charge in [0.15, 0.2) is 0 Å². The number of ether oxygens (including phenoxy) is 1. The van der Waals surface area contributed by atoms with Crippen molar-refractivity contribution >= 4 is 11.9 Å². The number of rotatable bonds is 7. The third-order valence-electron chi connectivity index (χ3n) is 3.74. The van der Waals surface area contributed by atoms with E-state index in [-0.39, 0.29) is 11.5 Å². The first kappa shape index (κ1) is 17.5. The second-order valence-electron chi connectivity index (χ2n) is 5.59. The molecule has 0 aliphatic heterocycles.